The van der Waals surface area contributed by atoms with Crippen LogP contribution < -0.4 is 5.32 Å². The SMILES string of the molecule is CC1=CCCN(C(C)CCCNCC(C)C)C1. The van der Waals surface area contributed by atoms with Crippen LogP contribution in [0.2, 0.25) is 0 Å². The van der Waals surface area contributed by atoms with Crippen molar-refractivity contribution in [3.8, 4) is 0 Å². The summed E-state index contributed by atoms with van der Waals surface area (Å²) in [5, 5.41) is 3.52. The first-order valence-electron chi connectivity index (χ1n) is 7.20. The summed E-state index contributed by atoms with van der Waals surface area (Å²) in [5.41, 5.74) is 1.54. The highest BCUT2D eigenvalue weighted by Crippen LogP contribution is 2.14. The highest BCUT2D eigenvalue weighted by molar-refractivity contribution is 5.05. The van der Waals surface area contributed by atoms with Crippen LogP contribution in [0, 0.1) is 5.92 Å². The lowest BCUT2D eigenvalue weighted by atomic mass is 10.1. The fourth-order valence-corrected chi connectivity index (χ4v) is 2.41. The number of hydrogen-bond acceptors (Lipinski definition) is 2. The highest BCUT2D eigenvalue weighted by Gasteiger charge is 2.15. The molecule has 0 amide bonds. The van der Waals surface area contributed by atoms with Crippen LogP contribution in [0.5, 0.6) is 0 Å². The van der Waals surface area contributed by atoms with Crippen molar-refractivity contribution in [3.05, 3.63) is 11.6 Å². The molecule has 0 aliphatic carbocycles. The van der Waals surface area contributed by atoms with E-state index in [0.29, 0.717) is 0 Å². The molecule has 0 aromatic rings. The monoisotopic (exact) mass is 238 g/mol. The summed E-state index contributed by atoms with van der Waals surface area (Å²) in [6.07, 6.45) is 6.24. The Hall–Kier alpha value is -0.340. The maximum absolute atomic E-state index is 3.52. The van der Waals surface area contributed by atoms with Crippen molar-refractivity contribution in [2.24, 2.45) is 5.92 Å². The van der Waals surface area contributed by atoms with E-state index in [2.05, 4.69) is 44.0 Å². The minimum atomic E-state index is 0.736. The molecule has 1 N–H and O–H groups in total. The molecule has 2 heteroatoms. The molecule has 0 aromatic carbocycles. The van der Waals surface area contributed by atoms with Crippen LogP contribution in [0.4, 0.5) is 0 Å². The van der Waals surface area contributed by atoms with Gasteiger partial charge in [-0.3, -0.25) is 4.90 Å². The van der Waals surface area contributed by atoms with Crippen LogP contribution in [0.15, 0.2) is 11.6 Å². The normalized spacial score (nSPS) is 19.5. The largest absolute Gasteiger partial charge is 0.316 e. The molecule has 2 nitrogen and oxygen atoms in total. The summed E-state index contributed by atoms with van der Waals surface area (Å²) >= 11 is 0. The first kappa shape index (κ1) is 14.7. The molecular weight excluding hydrogens is 208 g/mol. The molecule has 1 rings (SSSR count). The molecule has 1 aliphatic rings. The van der Waals surface area contributed by atoms with Crippen molar-refractivity contribution in [2.45, 2.75) is 53.0 Å². The quantitative estimate of drug-likeness (QED) is 0.542. The zero-order valence-corrected chi connectivity index (χ0v) is 12.1. The summed E-state index contributed by atoms with van der Waals surface area (Å²) in [7, 11) is 0. The average Bonchev–Trinajstić information content (AvgIpc) is 2.28. The lowest BCUT2D eigenvalue weighted by Crippen LogP contribution is -2.37. The van der Waals surface area contributed by atoms with Crippen molar-refractivity contribution in [1.29, 1.82) is 0 Å². The Morgan fingerprint density at radius 2 is 2.12 bits per heavy atom. The third-order valence-corrected chi connectivity index (χ3v) is 3.51. The Labute approximate surface area is 107 Å². The highest BCUT2D eigenvalue weighted by atomic mass is 15.1. The Morgan fingerprint density at radius 3 is 2.76 bits per heavy atom. The van der Waals surface area contributed by atoms with Crippen LogP contribution in [0.25, 0.3) is 0 Å². The van der Waals surface area contributed by atoms with E-state index in [-0.39, 0.29) is 0 Å². The van der Waals surface area contributed by atoms with Gasteiger partial charge in [0.1, 0.15) is 0 Å². The molecule has 1 aliphatic heterocycles. The second kappa shape index (κ2) is 7.88. The van der Waals surface area contributed by atoms with Gasteiger partial charge in [-0.25, -0.2) is 0 Å². The predicted octanol–water partition coefficient (Wildman–Crippen LogP) is 3.05. The number of rotatable bonds is 7. The van der Waals surface area contributed by atoms with Gasteiger partial charge in [0.2, 0.25) is 0 Å². The van der Waals surface area contributed by atoms with Gasteiger partial charge in [0.05, 0.1) is 0 Å². The fourth-order valence-electron chi connectivity index (χ4n) is 2.41. The molecule has 1 atom stereocenters. The molecule has 1 heterocycles. The molecule has 0 aromatic heterocycles. The summed E-state index contributed by atoms with van der Waals surface area (Å²) in [6, 6.07) is 0.736. The van der Waals surface area contributed by atoms with Crippen molar-refractivity contribution < 1.29 is 0 Å². The summed E-state index contributed by atoms with van der Waals surface area (Å²) < 4.78 is 0. The van der Waals surface area contributed by atoms with Crippen LogP contribution in [-0.2, 0) is 0 Å². The molecule has 0 spiro atoms. The van der Waals surface area contributed by atoms with Gasteiger partial charge in [-0.1, -0.05) is 25.5 Å². The first-order valence-corrected chi connectivity index (χ1v) is 7.20. The van der Waals surface area contributed by atoms with Gasteiger partial charge in [0.25, 0.3) is 0 Å². The number of nitrogens with one attached hydrogen (secondary N) is 1. The zero-order chi connectivity index (χ0) is 12.7. The summed E-state index contributed by atoms with van der Waals surface area (Å²) in [4.78, 5) is 2.62. The van der Waals surface area contributed by atoms with Crippen molar-refractivity contribution in [3.63, 3.8) is 0 Å². The van der Waals surface area contributed by atoms with Crippen LogP contribution >= 0.6 is 0 Å². The zero-order valence-electron chi connectivity index (χ0n) is 12.1. The molecule has 0 radical (unpaired) electrons. The van der Waals surface area contributed by atoms with Crippen molar-refractivity contribution in [1.82, 2.24) is 10.2 Å². The van der Waals surface area contributed by atoms with Gasteiger partial charge in [0.15, 0.2) is 0 Å². The van der Waals surface area contributed by atoms with E-state index in [1.807, 2.05) is 0 Å². The van der Waals surface area contributed by atoms with Gasteiger partial charge in [0, 0.05) is 19.1 Å². The van der Waals surface area contributed by atoms with E-state index < -0.39 is 0 Å². The van der Waals surface area contributed by atoms with Crippen molar-refractivity contribution in [2.75, 3.05) is 26.2 Å². The summed E-state index contributed by atoms with van der Waals surface area (Å²) in [5.74, 6) is 0.766. The van der Waals surface area contributed by atoms with E-state index >= 15 is 0 Å². The van der Waals surface area contributed by atoms with E-state index in [1.165, 1.54) is 38.9 Å². The van der Waals surface area contributed by atoms with Gasteiger partial charge in [-0.2, -0.15) is 0 Å². The smallest absolute Gasteiger partial charge is 0.0193 e. The molecule has 0 saturated heterocycles. The second-order valence-corrected chi connectivity index (χ2v) is 5.90. The number of nitrogens with zero attached hydrogens (tertiary/aromatic N) is 1. The molecular formula is C15H30N2. The van der Waals surface area contributed by atoms with Crippen molar-refractivity contribution >= 4 is 0 Å². The third kappa shape index (κ3) is 6.23. The molecule has 0 saturated carbocycles. The minimum Gasteiger partial charge on any atom is -0.316 e. The molecule has 1 unspecified atom stereocenters. The average molecular weight is 238 g/mol. The van der Waals surface area contributed by atoms with Crippen LogP contribution in [-0.4, -0.2) is 37.1 Å². The third-order valence-electron chi connectivity index (χ3n) is 3.51. The van der Waals surface area contributed by atoms with E-state index in [1.54, 1.807) is 5.57 Å². The van der Waals surface area contributed by atoms with Gasteiger partial charge >= 0.3 is 0 Å². The molecule has 17 heavy (non-hydrogen) atoms. The minimum absolute atomic E-state index is 0.736. The fraction of sp³-hybridized carbons (Fsp3) is 0.867. The standard InChI is InChI=1S/C15H30N2/c1-13(2)11-16-9-5-8-15(4)17-10-6-7-14(3)12-17/h7,13,15-16H,5-6,8-12H2,1-4H3. The van der Waals surface area contributed by atoms with Gasteiger partial charge < -0.3 is 5.32 Å². The Kier molecular flexibility index (Phi) is 6.83. The first-order chi connectivity index (χ1) is 8.09. The second-order valence-electron chi connectivity index (χ2n) is 5.90. The van der Waals surface area contributed by atoms with Crippen LogP contribution in [0.3, 0.4) is 0 Å². The van der Waals surface area contributed by atoms with Gasteiger partial charge in [-0.05, 0) is 52.1 Å². The van der Waals surface area contributed by atoms with E-state index in [9.17, 15) is 0 Å². The number of hydrogen-bond donors (Lipinski definition) is 1. The topological polar surface area (TPSA) is 15.3 Å². The van der Waals surface area contributed by atoms with E-state index in [0.717, 1.165) is 18.5 Å². The Morgan fingerprint density at radius 1 is 1.35 bits per heavy atom. The summed E-state index contributed by atoms with van der Waals surface area (Å²) in [6.45, 7) is 13.9. The van der Waals surface area contributed by atoms with Crippen LogP contribution in [0.1, 0.15) is 47.0 Å². The molecule has 0 bridgehead atoms. The van der Waals surface area contributed by atoms with Gasteiger partial charge in [-0.15, -0.1) is 0 Å². The lowest BCUT2D eigenvalue weighted by molar-refractivity contribution is 0.209. The molecule has 0 fully saturated rings. The predicted molar refractivity (Wildman–Crippen MR) is 76.4 cm³/mol. The van der Waals surface area contributed by atoms with E-state index in [4.69, 9.17) is 0 Å². The Bertz CT molecular complexity index is 233. The maximum Gasteiger partial charge on any atom is 0.0193 e. The lowest BCUT2D eigenvalue weighted by Gasteiger charge is -2.32. The Balaban J connectivity index is 2.08. The molecule has 100 valence electrons. The maximum atomic E-state index is 3.52.